The number of nitrogens with zero attached hydrogens (tertiary/aromatic N) is 1. The van der Waals surface area contributed by atoms with Crippen LogP contribution in [0.15, 0.2) is 30.5 Å². The van der Waals surface area contributed by atoms with Gasteiger partial charge in [-0.3, -0.25) is 0 Å². The van der Waals surface area contributed by atoms with Gasteiger partial charge in [0.05, 0.1) is 5.75 Å². The molecule has 0 aliphatic rings. The molecule has 1 aromatic carbocycles. The minimum absolute atomic E-state index is 0.221. The predicted molar refractivity (Wildman–Crippen MR) is 83.3 cm³/mol. The van der Waals surface area contributed by atoms with Crippen molar-refractivity contribution < 1.29 is 8.42 Å². The van der Waals surface area contributed by atoms with Gasteiger partial charge < -0.3 is 4.57 Å². The van der Waals surface area contributed by atoms with Crippen molar-refractivity contribution in [1.82, 2.24) is 9.29 Å². The van der Waals surface area contributed by atoms with Crippen molar-refractivity contribution in [3.8, 4) is 0 Å². The summed E-state index contributed by atoms with van der Waals surface area (Å²) in [5, 5.41) is 1.20. The zero-order valence-electron chi connectivity index (χ0n) is 12.1. The third kappa shape index (κ3) is 3.61. The Hall–Kier alpha value is -1.33. The minimum atomic E-state index is -3.12. The number of benzene rings is 1. The Morgan fingerprint density at radius 1 is 1.25 bits per heavy atom. The van der Waals surface area contributed by atoms with Crippen LogP contribution in [0, 0.1) is 0 Å². The quantitative estimate of drug-likeness (QED) is 0.852. The number of aryl methyl sites for hydroxylation is 1. The van der Waals surface area contributed by atoms with Gasteiger partial charge in [0.2, 0.25) is 10.0 Å². The highest BCUT2D eigenvalue weighted by molar-refractivity contribution is 7.89. The number of rotatable bonds is 7. The second-order valence-corrected chi connectivity index (χ2v) is 7.03. The lowest BCUT2D eigenvalue weighted by atomic mass is 10.1. The molecule has 1 aromatic heterocycles. The minimum Gasteiger partial charge on any atom is -0.350 e. The van der Waals surface area contributed by atoms with Crippen LogP contribution in [0.25, 0.3) is 10.9 Å². The number of nitrogens with one attached hydrogen (secondary N) is 1. The summed E-state index contributed by atoms with van der Waals surface area (Å²) in [7, 11) is -1.11. The third-order valence-corrected chi connectivity index (χ3v) is 4.93. The largest absolute Gasteiger partial charge is 0.350 e. The van der Waals surface area contributed by atoms with E-state index in [2.05, 4.69) is 27.6 Å². The van der Waals surface area contributed by atoms with Crippen LogP contribution in [0.4, 0.5) is 0 Å². The van der Waals surface area contributed by atoms with Crippen molar-refractivity contribution in [2.45, 2.75) is 26.2 Å². The smallest absolute Gasteiger partial charge is 0.211 e. The fourth-order valence-corrected chi connectivity index (χ4v) is 3.60. The Bertz CT molecular complexity index is 674. The molecule has 0 unspecified atom stereocenters. The van der Waals surface area contributed by atoms with E-state index in [-0.39, 0.29) is 5.75 Å². The molecule has 0 aliphatic carbocycles. The van der Waals surface area contributed by atoms with Crippen LogP contribution in [0.1, 0.15) is 25.3 Å². The number of sulfonamides is 1. The Labute approximate surface area is 120 Å². The lowest BCUT2D eigenvalue weighted by Crippen LogP contribution is -2.28. The van der Waals surface area contributed by atoms with E-state index in [9.17, 15) is 8.42 Å². The summed E-state index contributed by atoms with van der Waals surface area (Å²) < 4.78 is 28.2. The molecule has 2 rings (SSSR count). The molecule has 0 atom stereocenters. The fourth-order valence-electron chi connectivity index (χ4n) is 2.37. The SMILES string of the molecule is CCCCS(=O)(=O)NCCc1cn(C)c2ccccc12. The summed E-state index contributed by atoms with van der Waals surface area (Å²) in [6.45, 7) is 2.45. The average Bonchev–Trinajstić information content (AvgIpc) is 2.74. The summed E-state index contributed by atoms with van der Waals surface area (Å²) in [6, 6.07) is 8.18. The Morgan fingerprint density at radius 2 is 2.00 bits per heavy atom. The molecule has 0 radical (unpaired) electrons. The van der Waals surface area contributed by atoms with E-state index < -0.39 is 10.0 Å². The fraction of sp³-hybridized carbons (Fsp3) is 0.467. The van der Waals surface area contributed by atoms with Crippen molar-refractivity contribution in [2.75, 3.05) is 12.3 Å². The van der Waals surface area contributed by atoms with E-state index in [0.717, 1.165) is 6.42 Å². The molecule has 0 saturated heterocycles. The number of hydrogen-bond donors (Lipinski definition) is 1. The van der Waals surface area contributed by atoms with Gasteiger partial charge in [0.25, 0.3) is 0 Å². The first kappa shape index (κ1) is 15.1. The molecule has 5 heteroatoms. The monoisotopic (exact) mass is 294 g/mol. The first-order valence-electron chi connectivity index (χ1n) is 7.04. The van der Waals surface area contributed by atoms with E-state index in [1.807, 2.05) is 26.1 Å². The van der Waals surface area contributed by atoms with E-state index in [4.69, 9.17) is 0 Å². The van der Waals surface area contributed by atoms with Gasteiger partial charge in [0.1, 0.15) is 0 Å². The molecular formula is C15H22N2O2S. The molecule has 0 spiro atoms. The highest BCUT2D eigenvalue weighted by Crippen LogP contribution is 2.20. The van der Waals surface area contributed by atoms with Crippen LogP contribution in [0.5, 0.6) is 0 Å². The van der Waals surface area contributed by atoms with Gasteiger partial charge in [0, 0.05) is 30.7 Å². The lowest BCUT2D eigenvalue weighted by Gasteiger charge is -2.05. The van der Waals surface area contributed by atoms with E-state index in [1.54, 1.807) is 0 Å². The summed E-state index contributed by atoms with van der Waals surface area (Å²) >= 11 is 0. The topological polar surface area (TPSA) is 51.1 Å². The molecule has 0 amide bonds. The average molecular weight is 294 g/mol. The van der Waals surface area contributed by atoms with E-state index >= 15 is 0 Å². The number of para-hydroxylation sites is 1. The van der Waals surface area contributed by atoms with Crippen LogP contribution in [0.2, 0.25) is 0 Å². The van der Waals surface area contributed by atoms with Crippen molar-refractivity contribution in [1.29, 1.82) is 0 Å². The van der Waals surface area contributed by atoms with Crippen LogP contribution >= 0.6 is 0 Å². The van der Waals surface area contributed by atoms with Gasteiger partial charge in [-0.2, -0.15) is 0 Å². The Kier molecular flexibility index (Phi) is 4.83. The lowest BCUT2D eigenvalue weighted by molar-refractivity contribution is 0.578. The first-order chi connectivity index (χ1) is 9.53. The maximum Gasteiger partial charge on any atom is 0.211 e. The van der Waals surface area contributed by atoms with Crippen LogP contribution in [-0.4, -0.2) is 25.3 Å². The van der Waals surface area contributed by atoms with E-state index in [1.165, 1.54) is 16.5 Å². The van der Waals surface area contributed by atoms with Crippen molar-refractivity contribution in [3.63, 3.8) is 0 Å². The van der Waals surface area contributed by atoms with Crippen LogP contribution in [0.3, 0.4) is 0 Å². The molecule has 0 fully saturated rings. The normalized spacial score (nSPS) is 12.1. The Morgan fingerprint density at radius 3 is 2.75 bits per heavy atom. The molecule has 1 heterocycles. The summed E-state index contributed by atoms with van der Waals surface area (Å²) in [6.07, 6.45) is 4.39. The number of aromatic nitrogens is 1. The molecule has 2 aromatic rings. The molecule has 0 saturated carbocycles. The van der Waals surface area contributed by atoms with Crippen molar-refractivity contribution in [2.24, 2.45) is 7.05 Å². The molecule has 4 nitrogen and oxygen atoms in total. The van der Waals surface area contributed by atoms with Crippen molar-refractivity contribution in [3.05, 3.63) is 36.0 Å². The molecular weight excluding hydrogens is 272 g/mol. The molecule has 0 aliphatic heterocycles. The van der Waals surface area contributed by atoms with Gasteiger partial charge in [-0.05, 0) is 24.5 Å². The number of unbranched alkanes of at least 4 members (excludes halogenated alkanes) is 1. The molecule has 110 valence electrons. The Balaban J connectivity index is 2.00. The van der Waals surface area contributed by atoms with Gasteiger partial charge in [-0.25, -0.2) is 13.1 Å². The first-order valence-corrected chi connectivity index (χ1v) is 8.69. The zero-order chi connectivity index (χ0) is 14.6. The number of fused-ring (bicyclic) bond motifs is 1. The van der Waals surface area contributed by atoms with Crippen molar-refractivity contribution >= 4 is 20.9 Å². The number of hydrogen-bond acceptors (Lipinski definition) is 2. The predicted octanol–water partition coefficient (Wildman–Crippen LogP) is 2.44. The summed E-state index contributed by atoms with van der Waals surface area (Å²) in [5.74, 6) is 0.221. The molecule has 0 bridgehead atoms. The van der Waals surface area contributed by atoms with Crippen LogP contribution < -0.4 is 4.72 Å². The van der Waals surface area contributed by atoms with Gasteiger partial charge in [-0.1, -0.05) is 31.5 Å². The second kappa shape index (κ2) is 6.41. The standard InChI is InChI=1S/C15H22N2O2S/c1-3-4-11-20(18,19)16-10-9-13-12-17(2)15-8-6-5-7-14(13)15/h5-8,12,16H,3-4,9-11H2,1-2H3. The maximum absolute atomic E-state index is 11.7. The maximum atomic E-state index is 11.7. The summed E-state index contributed by atoms with van der Waals surface area (Å²) in [5.41, 5.74) is 2.36. The zero-order valence-corrected chi connectivity index (χ0v) is 12.9. The van der Waals surface area contributed by atoms with Gasteiger partial charge >= 0.3 is 0 Å². The van der Waals surface area contributed by atoms with E-state index in [0.29, 0.717) is 19.4 Å². The van der Waals surface area contributed by atoms with Gasteiger partial charge in [0.15, 0.2) is 0 Å². The highest BCUT2D eigenvalue weighted by atomic mass is 32.2. The molecule has 1 N–H and O–H groups in total. The third-order valence-electron chi connectivity index (χ3n) is 3.46. The summed E-state index contributed by atoms with van der Waals surface area (Å²) in [4.78, 5) is 0. The highest BCUT2D eigenvalue weighted by Gasteiger charge is 2.10. The van der Waals surface area contributed by atoms with Crippen LogP contribution in [-0.2, 0) is 23.5 Å². The second-order valence-electron chi connectivity index (χ2n) is 5.10. The molecule has 20 heavy (non-hydrogen) atoms. The van der Waals surface area contributed by atoms with Gasteiger partial charge in [-0.15, -0.1) is 0 Å².